The number of anilines is 2. The molecule has 1 aromatic carbocycles. The molecule has 0 bridgehead atoms. The van der Waals surface area contributed by atoms with Gasteiger partial charge in [0.05, 0.1) is 24.5 Å². The fourth-order valence-electron chi connectivity index (χ4n) is 4.00. The number of carbonyl (C=O) groups is 1. The number of carbonyl (C=O) groups excluding carboxylic acids is 1. The first-order valence-corrected chi connectivity index (χ1v) is 11.4. The zero-order valence-electron chi connectivity index (χ0n) is 18.2. The van der Waals surface area contributed by atoms with Crippen LogP contribution in [-0.4, -0.2) is 40.5 Å². The summed E-state index contributed by atoms with van der Waals surface area (Å²) in [5, 5.41) is 7.15. The number of hydrogen-bond donors (Lipinski definition) is 1. The lowest BCUT2D eigenvalue weighted by Crippen LogP contribution is -2.42. The van der Waals surface area contributed by atoms with Gasteiger partial charge in [0.25, 0.3) is 5.91 Å². The summed E-state index contributed by atoms with van der Waals surface area (Å²) < 4.78 is 11.9. The summed E-state index contributed by atoms with van der Waals surface area (Å²) in [6, 6.07) is 11.7. The predicted molar refractivity (Wildman–Crippen MR) is 125 cm³/mol. The number of hydrogen-bond acceptors (Lipinski definition) is 7. The summed E-state index contributed by atoms with van der Waals surface area (Å²) in [5.74, 6) is 0.279. The first-order valence-electron chi connectivity index (χ1n) is 10.5. The van der Waals surface area contributed by atoms with E-state index < -0.39 is 0 Å². The van der Waals surface area contributed by atoms with Crippen molar-refractivity contribution in [3.63, 3.8) is 0 Å². The Kier molecular flexibility index (Phi) is 5.40. The summed E-state index contributed by atoms with van der Waals surface area (Å²) in [7, 11) is 0. The van der Waals surface area contributed by atoms with Crippen molar-refractivity contribution < 1.29 is 13.9 Å². The summed E-state index contributed by atoms with van der Waals surface area (Å²) in [5.41, 5.74) is 5.15. The van der Waals surface area contributed by atoms with E-state index in [-0.39, 0.29) is 12.0 Å². The number of nitrogens with one attached hydrogen (secondary N) is 1. The van der Waals surface area contributed by atoms with Crippen molar-refractivity contribution in [1.82, 2.24) is 14.9 Å². The fraction of sp³-hybridized carbons (Fsp3) is 0.292. The smallest absolute Gasteiger partial charge is 0.290 e. The molecular formula is C24H24N4O3S. The van der Waals surface area contributed by atoms with Gasteiger partial charge in [0.2, 0.25) is 0 Å². The van der Waals surface area contributed by atoms with Gasteiger partial charge in [-0.05, 0) is 39.0 Å². The number of aromatic nitrogens is 2. The normalized spacial score (nSPS) is 16.5. The van der Waals surface area contributed by atoms with Gasteiger partial charge in [-0.3, -0.25) is 9.78 Å². The zero-order chi connectivity index (χ0) is 22.2. The highest BCUT2D eigenvalue weighted by atomic mass is 32.1. The number of furan rings is 1. The third-order valence-electron chi connectivity index (χ3n) is 5.56. The summed E-state index contributed by atoms with van der Waals surface area (Å²) >= 11 is 1.56. The van der Waals surface area contributed by atoms with Crippen LogP contribution in [0, 0.1) is 20.8 Å². The highest BCUT2D eigenvalue weighted by molar-refractivity contribution is 7.13. The molecule has 32 heavy (non-hydrogen) atoms. The number of nitrogens with zero attached hydrogens (tertiary/aromatic N) is 3. The number of pyridine rings is 1. The fourth-order valence-corrected chi connectivity index (χ4v) is 4.71. The van der Waals surface area contributed by atoms with Gasteiger partial charge < -0.3 is 19.4 Å². The van der Waals surface area contributed by atoms with Gasteiger partial charge in [0.1, 0.15) is 11.7 Å². The van der Waals surface area contributed by atoms with Crippen molar-refractivity contribution in [3.8, 4) is 0 Å². The van der Waals surface area contributed by atoms with Crippen molar-refractivity contribution in [2.45, 2.75) is 26.9 Å². The Morgan fingerprint density at radius 3 is 2.78 bits per heavy atom. The molecule has 1 fully saturated rings. The molecule has 0 saturated carbocycles. The Morgan fingerprint density at radius 1 is 1.16 bits per heavy atom. The molecular weight excluding hydrogens is 424 g/mol. The molecule has 0 aliphatic carbocycles. The Morgan fingerprint density at radius 2 is 2.00 bits per heavy atom. The molecule has 3 aromatic heterocycles. The zero-order valence-corrected chi connectivity index (χ0v) is 19.0. The van der Waals surface area contributed by atoms with Crippen LogP contribution < -0.4 is 5.32 Å². The van der Waals surface area contributed by atoms with Crippen LogP contribution in [0.3, 0.4) is 0 Å². The first kappa shape index (κ1) is 20.7. The average Bonchev–Trinajstić information content (AvgIpc) is 3.35. The van der Waals surface area contributed by atoms with Crippen LogP contribution in [0.5, 0.6) is 0 Å². The maximum atomic E-state index is 13.3. The lowest BCUT2D eigenvalue weighted by Gasteiger charge is -2.32. The lowest BCUT2D eigenvalue weighted by molar-refractivity contribution is -0.0256. The van der Waals surface area contributed by atoms with Crippen LogP contribution in [0.2, 0.25) is 0 Å². The maximum Gasteiger partial charge on any atom is 0.290 e. The van der Waals surface area contributed by atoms with Gasteiger partial charge in [0, 0.05) is 34.3 Å². The second kappa shape index (κ2) is 8.37. The molecule has 0 spiro atoms. The van der Waals surface area contributed by atoms with E-state index in [2.05, 4.69) is 15.3 Å². The molecule has 0 radical (unpaired) electrons. The van der Waals surface area contributed by atoms with E-state index in [1.807, 2.05) is 62.5 Å². The number of thiazole rings is 1. The molecule has 1 N–H and O–H groups in total. The number of amides is 1. The van der Waals surface area contributed by atoms with E-state index >= 15 is 0 Å². The first-order chi connectivity index (χ1) is 15.5. The molecule has 1 amide bonds. The van der Waals surface area contributed by atoms with E-state index in [0.29, 0.717) is 25.5 Å². The summed E-state index contributed by atoms with van der Waals surface area (Å²) in [4.78, 5) is 24.2. The van der Waals surface area contributed by atoms with Gasteiger partial charge >= 0.3 is 0 Å². The number of para-hydroxylation sites is 1. The van der Waals surface area contributed by atoms with E-state index in [1.54, 1.807) is 16.2 Å². The maximum absolute atomic E-state index is 13.3. The van der Waals surface area contributed by atoms with E-state index in [9.17, 15) is 4.79 Å². The molecule has 1 aliphatic rings. The predicted octanol–water partition coefficient (Wildman–Crippen LogP) is 5.17. The van der Waals surface area contributed by atoms with Crippen LogP contribution >= 0.6 is 11.3 Å². The number of morpholine rings is 1. The molecule has 0 unspecified atom stereocenters. The number of fused-ring (bicyclic) bond motifs is 1. The van der Waals surface area contributed by atoms with Crippen molar-refractivity contribution in [2.75, 3.05) is 25.0 Å². The van der Waals surface area contributed by atoms with Crippen molar-refractivity contribution >= 4 is 39.0 Å². The average molecular weight is 449 g/mol. The van der Waals surface area contributed by atoms with E-state index in [4.69, 9.17) is 9.15 Å². The quantitative estimate of drug-likeness (QED) is 0.464. The standard InChI is InChI=1S/C24H24N4O3S/c1-14-10-17(27-24-26-15(2)13-32-24)11-19(25-14)21-12-28(8-9-30-21)23(29)22-16(3)18-6-4-5-7-20(18)31-22/h4-7,10-11,13,21H,8-9,12H2,1-3H3,(H,25,26,27)/t21-/m0/s1. The Balaban J connectivity index is 1.37. The Bertz CT molecular complexity index is 1300. The monoisotopic (exact) mass is 448 g/mol. The van der Waals surface area contributed by atoms with Gasteiger partial charge in [-0.2, -0.15) is 0 Å². The number of ether oxygens (including phenoxy) is 1. The van der Waals surface area contributed by atoms with Gasteiger partial charge in [0.15, 0.2) is 10.9 Å². The van der Waals surface area contributed by atoms with E-state index in [0.717, 1.165) is 44.4 Å². The van der Waals surface area contributed by atoms with Crippen molar-refractivity contribution in [2.24, 2.45) is 0 Å². The molecule has 1 atom stereocenters. The molecule has 1 saturated heterocycles. The Labute approximate surface area is 190 Å². The highest BCUT2D eigenvalue weighted by Crippen LogP contribution is 2.30. The van der Waals surface area contributed by atoms with Crippen LogP contribution in [0.4, 0.5) is 10.8 Å². The summed E-state index contributed by atoms with van der Waals surface area (Å²) in [6.45, 7) is 7.22. The lowest BCUT2D eigenvalue weighted by atomic mass is 10.1. The third kappa shape index (κ3) is 3.99. The largest absolute Gasteiger partial charge is 0.451 e. The molecule has 8 heteroatoms. The number of aryl methyl sites for hydroxylation is 3. The number of benzene rings is 1. The molecule has 4 heterocycles. The second-order valence-corrected chi connectivity index (χ2v) is 8.86. The van der Waals surface area contributed by atoms with Crippen LogP contribution in [0.1, 0.15) is 39.3 Å². The summed E-state index contributed by atoms with van der Waals surface area (Å²) in [6.07, 6.45) is -0.309. The van der Waals surface area contributed by atoms with Gasteiger partial charge in [-0.15, -0.1) is 11.3 Å². The van der Waals surface area contributed by atoms with Crippen LogP contribution in [0.15, 0.2) is 46.2 Å². The third-order valence-corrected chi connectivity index (χ3v) is 6.44. The topological polar surface area (TPSA) is 80.5 Å². The highest BCUT2D eigenvalue weighted by Gasteiger charge is 2.30. The minimum absolute atomic E-state index is 0.115. The van der Waals surface area contributed by atoms with Crippen molar-refractivity contribution in [1.29, 1.82) is 0 Å². The molecule has 1 aliphatic heterocycles. The van der Waals surface area contributed by atoms with Crippen molar-refractivity contribution in [3.05, 3.63) is 70.2 Å². The van der Waals surface area contributed by atoms with Gasteiger partial charge in [-0.1, -0.05) is 18.2 Å². The number of rotatable bonds is 4. The minimum Gasteiger partial charge on any atom is -0.451 e. The second-order valence-electron chi connectivity index (χ2n) is 8.00. The molecule has 4 aromatic rings. The van der Waals surface area contributed by atoms with Gasteiger partial charge in [-0.25, -0.2) is 4.98 Å². The van der Waals surface area contributed by atoms with Crippen LogP contribution in [0.25, 0.3) is 11.0 Å². The SMILES string of the molecule is Cc1cc(Nc2nc(C)cs2)cc([C@@H]2CN(C(=O)c3oc4ccccc4c3C)CCO2)n1. The van der Waals surface area contributed by atoms with E-state index in [1.165, 1.54) is 0 Å². The molecule has 164 valence electrons. The minimum atomic E-state index is -0.309. The molecule has 7 nitrogen and oxygen atoms in total. The Hall–Kier alpha value is -3.23. The molecule has 5 rings (SSSR count). The van der Waals surface area contributed by atoms with Crippen LogP contribution in [-0.2, 0) is 4.74 Å².